The summed E-state index contributed by atoms with van der Waals surface area (Å²) in [5.74, 6) is 1.34. The summed E-state index contributed by atoms with van der Waals surface area (Å²) in [4.78, 5) is 11.8. The molecule has 0 bridgehead atoms. The van der Waals surface area contributed by atoms with Crippen molar-refractivity contribution < 1.29 is 9.53 Å². The zero-order chi connectivity index (χ0) is 15.1. The van der Waals surface area contributed by atoms with Crippen LogP contribution in [0.4, 0.5) is 5.69 Å². The van der Waals surface area contributed by atoms with Crippen molar-refractivity contribution >= 4 is 17.3 Å². The third-order valence-corrected chi connectivity index (χ3v) is 3.63. The summed E-state index contributed by atoms with van der Waals surface area (Å²) in [5, 5.41) is 7.29. The summed E-state index contributed by atoms with van der Waals surface area (Å²) >= 11 is 0. The number of carbonyl (C=O) groups is 1. The van der Waals surface area contributed by atoms with Crippen LogP contribution >= 0.6 is 0 Å². The van der Waals surface area contributed by atoms with Crippen molar-refractivity contribution in [2.45, 2.75) is 32.6 Å². The highest BCUT2D eigenvalue weighted by molar-refractivity contribution is 5.87. The minimum absolute atomic E-state index is 0.128. The predicted molar refractivity (Wildman–Crippen MR) is 84.7 cm³/mol. The second-order valence-electron chi connectivity index (χ2n) is 5.50. The fourth-order valence-corrected chi connectivity index (χ4v) is 2.43. The zero-order valence-corrected chi connectivity index (χ0v) is 12.7. The quantitative estimate of drug-likeness (QED) is 0.819. The number of hydrogen-bond acceptors (Lipinski definition) is 4. The molecule has 21 heavy (non-hydrogen) atoms. The number of anilines is 1. The molecule has 0 saturated heterocycles. The van der Waals surface area contributed by atoms with Gasteiger partial charge in [-0.2, -0.15) is 5.10 Å². The van der Waals surface area contributed by atoms with Crippen LogP contribution in [0.3, 0.4) is 0 Å². The number of methoxy groups -OCH3 is 1. The molecule has 5 nitrogen and oxygen atoms in total. The van der Waals surface area contributed by atoms with E-state index in [1.807, 2.05) is 24.3 Å². The maximum Gasteiger partial charge on any atom is 0.259 e. The molecule has 0 radical (unpaired) electrons. The van der Waals surface area contributed by atoms with Gasteiger partial charge < -0.3 is 10.1 Å². The normalized spacial score (nSPS) is 20.1. The van der Waals surface area contributed by atoms with Crippen LogP contribution in [-0.4, -0.2) is 25.3 Å². The van der Waals surface area contributed by atoms with Crippen molar-refractivity contribution in [2.24, 2.45) is 11.0 Å². The van der Waals surface area contributed by atoms with Crippen molar-refractivity contribution in [3.63, 3.8) is 0 Å². The molecule has 1 aliphatic carbocycles. The first kappa shape index (κ1) is 15.4. The summed E-state index contributed by atoms with van der Waals surface area (Å²) in [6, 6.07) is 7.45. The van der Waals surface area contributed by atoms with Gasteiger partial charge in [-0.25, -0.2) is 5.43 Å². The van der Waals surface area contributed by atoms with Gasteiger partial charge in [-0.15, -0.1) is 0 Å². The smallest absolute Gasteiger partial charge is 0.259 e. The summed E-state index contributed by atoms with van der Waals surface area (Å²) in [6.45, 7) is 2.43. The summed E-state index contributed by atoms with van der Waals surface area (Å²) in [5.41, 5.74) is 4.61. The predicted octanol–water partition coefficient (Wildman–Crippen LogP) is 2.79. The van der Waals surface area contributed by atoms with Crippen LogP contribution in [0.2, 0.25) is 0 Å². The number of amides is 1. The minimum Gasteiger partial charge on any atom is -0.497 e. The zero-order valence-electron chi connectivity index (χ0n) is 12.7. The Morgan fingerprint density at radius 1 is 1.38 bits per heavy atom. The number of ether oxygens (including phenoxy) is 1. The van der Waals surface area contributed by atoms with Crippen LogP contribution in [0.15, 0.2) is 29.4 Å². The molecule has 0 spiro atoms. The van der Waals surface area contributed by atoms with Crippen LogP contribution in [0.25, 0.3) is 0 Å². The average Bonchev–Trinajstić information content (AvgIpc) is 2.51. The van der Waals surface area contributed by atoms with Crippen LogP contribution in [0.5, 0.6) is 5.75 Å². The number of rotatable bonds is 5. The van der Waals surface area contributed by atoms with E-state index in [9.17, 15) is 4.79 Å². The van der Waals surface area contributed by atoms with Crippen LogP contribution in [0, 0.1) is 5.92 Å². The molecule has 1 fully saturated rings. The van der Waals surface area contributed by atoms with Gasteiger partial charge in [-0.3, -0.25) is 4.79 Å². The number of hydrazone groups is 1. The molecule has 2 N–H and O–H groups in total. The Bertz CT molecular complexity index is 497. The van der Waals surface area contributed by atoms with E-state index in [-0.39, 0.29) is 12.5 Å². The lowest BCUT2D eigenvalue weighted by molar-refractivity contribution is -0.119. The van der Waals surface area contributed by atoms with Crippen LogP contribution in [0.1, 0.15) is 32.6 Å². The van der Waals surface area contributed by atoms with Gasteiger partial charge in [-0.05, 0) is 55.9 Å². The molecule has 1 aromatic rings. The van der Waals surface area contributed by atoms with Crippen LogP contribution in [-0.2, 0) is 4.79 Å². The monoisotopic (exact) mass is 289 g/mol. The first-order valence-electron chi connectivity index (χ1n) is 7.39. The van der Waals surface area contributed by atoms with Crippen molar-refractivity contribution in [1.82, 2.24) is 5.43 Å². The van der Waals surface area contributed by atoms with Gasteiger partial charge in [0.25, 0.3) is 5.91 Å². The van der Waals surface area contributed by atoms with Gasteiger partial charge in [-0.1, -0.05) is 6.92 Å². The van der Waals surface area contributed by atoms with Crippen molar-refractivity contribution in [2.75, 3.05) is 19.0 Å². The third kappa shape index (κ3) is 5.10. The van der Waals surface area contributed by atoms with Gasteiger partial charge >= 0.3 is 0 Å². The van der Waals surface area contributed by atoms with Gasteiger partial charge in [0.05, 0.1) is 13.7 Å². The molecule has 0 heterocycles. The lowest BCUT2D eigenvalue weighted by Crippen LogP contribution is -2.27. The second kappa shape index (κ2) is 7.67. The van der Waals surface area contributed by atoms with Gasteiger partial charge in [0.1, 0.15) is 5.75 Å². The highest BCUT2D eigenvalue weighted by atomic mass is 16.5. The lowest BCUT2D eigenvalue weighted by atomic mass is 9.89. The molecular formula is C16H23N3O2. The molecule has 2 rings (SSSR count). The molecule has 1 unspecified atom stereocenters. The Labute approximate surface area is 125 Å². The lowest BCUT2D eigenvalue weighted by Gasteiger charge is -2.18. The first-order chi connectivity index (χ1) is 10.2. The van der Waals surface area contributed by atoms with Crippen LogP contribution < -0.4 is 15.5 Å². The van der Waals surface area contributed by atoms with E-state index in [2.05, 4.69) is 22.8 Å². The number of carbonyl (C=O) groups excluding carboxylic acids is 1. The largest absolute Gasteiger partial charge is 0.497 e. The van der Waals surface area contributed by atoms with E-state index in [1.165, 1.54) is 12.8 Å². The fraction of sp³-hybridized carbons (Fsp3) is 0.500. The highest BCUT2D eigenvalue weighted by Crippen LogP contribution is 2.20. The van der Waals surface area contributed by atoms with E-state index < -0.39 is 0 Å². The van der Waals surface area contributed by atoms with Gasteiger partial charge in [0.15, 0.2) is 0 Å². The summed E-state index contributed by atoms with van der Waals surface area (Å²) in [7, 11) is 1.63. The Morgan fingerprint density at radius 3 is 2.81 bits per heavy atom. The van der Waals surface area contributed by atoms with E-state index in [4.69, 9.17) is 4.74 Å². The number of nitrogens with zero attached hydrogens (tertiary/aromatic N) is 1. The standard InChI is InChI=1S/C16H23N3O2/c1-12-4-3-5-14(10-12)18-19-16(20)11-17-13-6-8-15(21-2)9-7-13/h6-9,12,17H,3-5,10-11H2,1-2H3,(H,19,20)/b18-14-. The first-order valence-corrected chi connectivity index (χ1v) is 7.39. The Morgan fingerprint density at radius 2 is 2.14 bits per heavy atom. The molecule has 5 heteroatoms. The van der Waals surface area contributed by atoms with Gasteiger partial charge in [0.2, 0.25) is 0 Å². The fourth-order valence-electron chi connectivity index (χ4n) is 2.43. The van der Waals surface area contributed by atoms with Gasteiger partial charge in [0, 0.05) is 11.4 Å². The Kier molecular flexibility index (Phi) is 5.60. The third-order valence-electron chi connectivity index (χ3n) is 3.63. The van der Waals surface area contributed by atoms with E-state index >= 15 is 0 Å². The summed E-state index contributed by atoms with van der Waals surface area (Å²) < 4.78 is 5.08. The molecule has 0 aliphatic heterocycles. The van der Waals surface area contributed by atoms with E-state index in [0.29, 0.717) is 5.92 Å². The maximum absolute atomic E-state index is 11.8. The molecule has 0 aromatic heterocycles. The van der Waals surface area contributed by atoms with E-state index in [1.54, 1.807) is 7.11 Å². The van der Waals surface area contributed by atoms with Crippen molar-refractivity contribution in [3.05, 3.63) is 24.3 Å². The molecule has 1 aliphatic rings. The van der Waals surface area contributed by atoms with Crippen molar-refractivity contribution in [3.8, 4) is 5.75 Å². The SMILES string of the molecule is COc1ccc(NCC(=O)N/N=C2/CCCC(C)C2)cc1. The number of nitrogens with one attached hydrogen (secondary N) is 2. The molecule has 114 valence electrons. The molecule has 1 aromatic carbocycles. The maximum atomic E-state index is 11.8. The van der Waals surface area contributed by atoms with Crippen molar-refractivity contribution in [1.29, 1.82) is 0 Å². The number of benzene rings is 1. The Hall–Kier alpha value is -2.04. The van der Waals surface area contributed by atoms with E-state index in [0.717, 1.165) is 30.0 Å². The second-order valence-corrected chi connectivity index (χ2v) is 5.50. The molecule has 1 amide bonds. The molecule has 1 atom stereocenters. The number of hydrogen-bond donors (Lipinski definition) is 2. The molecule has 1 saturated carbocycles. The Balaban J connectivity index is 1.75. The summed E-state index contributed by atoms with van der Waals surface area (Å²) in [6.07, 6.45) is 4.41. The topological polar surface area (TPSA) is 62.7 Å². The highest BCUT2D eigenvalue weighted by Gasteiger charge is 2.14. The molecular weight excluding hydrogens is 266 g/mol. The minimum atomic E-state index is -0.128. The average molecular weight is 289 g/mol.